The highest BCUT2D eigenvalue weighted by Gasteiger charge is 2.33. The lowest BCUT2D eigenvalue weighted by Gasteiger charge is -2.37. The maximum absolute atomic E-state index is 13.2. The van der Waals surface area contributed by atoms with E-state index >= 15 is 0 Å². The molecule has 0 aliphatic carbocycles. The molecule has 0 unspecified atom stereocenters. The number of piperidine rings is 1. The van der Waals surface area contributed by atoms with Gasteiger partial charge >= 0.3 is 6.18 Å². The lowest BCUT2D eigenvalue weighted by atomic mass is 9.75. The summed E-state index contributed by atoms with van der Waals surface area (Å²) in [6.45, 7) is 3.70. The fourth-order valence-corrected chi connectivity index (χ4v) is 3.71. The monoisotopic (exact) mass is 396 g/mol. The van der Waals surface area contributed by atoms with Crippen LogP contribution >= 0.6 is 0 Å². The number of ether oxygens (including phenoxy) is 1. The van der Waals surface area contributed by atoms with Crippen molar-refractivity contribution < 1.29 is 22.3 Å². The van der Waals surface area contributed by atoms with E-state index in [9.17, 15) is 17.6 Å². The molecule has 7 heteroatoms. The van der Waals surface area contributed by atoms with Gasteiger partial charge in [0.05, 0.1) is 24.5 Å². The van der Waals surface area contributed by atoms with Gasteiger partial charge in [-0.2, -0.15) is 13.2 Å². The molecule has 1 aliphatic rings. The highest BCUT2D eigenvalue weighted by molar-refractivity contribution is 5.23. The molecule has 1 fully saturated rings. The minimum atomic E-state index is -4.40. The standard InChI is InChI=1S/C21H24F4N2O/c1-15-10-17(21(23,24)25)11-19(27-15)13-28-14-20(6-8-26-9-7-20)12-16-2-4-18(22)5-3-16/h2-5,10-11,26H,6-9,12-14H2,1H3. The van der Waals surface area contributed by atoms with Gasteiger partial charge < -0.3 is 10.1 Å². The molecule has 0 radical (unpaired) electrons. The average Bonchev–Trinajstić information content (AvgIpc) is 2.63. The SMILES string of the molecule is Cc1cc(C(F)(F)F)cc(COCC2(Cc3ccc(F)cc3)CCNCC2)n1. The zero-order valence-electron chi connectivity index (χ0n) is 15.8. The van der Waals surface area contributed by atoms with Gasteiger partial charge in [0.2, 0.25) is 0 Å². The molecule has 1 aliphatic heterocycles. The molecule has 1 N–H and O–H groups in total. The van der Waals surface area contributed by atoms with Crippen molar-refractivity contribution in [2.75, 3.05) is 19.7 Å². The molecule has 1 aromatic heterocycles. The molecule has 3 nitrogen and oxygen atoms in total. The van der Waals surface area contributed by atoms with Gasteiger partial charge in [-0.1, -0.05) is 12.1 Å². The van der Waals surface area contributed by atoms with Crippen LogP contribution < -0.4 is 5.32 Å². The normalized spacial score (nSPS) is 16.9. The number of rotatable bonds is 6. The summed E-state index contributed by atoms with van der Waals surface area (Å²) in [5.74, 6) is -0.273. The third kappa shape index (κ3) is 5.52. The molecule has 28 heavy (non-hydrogen) atoms. The predicted octanol–water partition coefficient (Wildman–Crippen LogP) is 4.68. The van der Waals surface area contributed by atoms with E-state index in [1.54, 1.807) is 19.1 Å². The van der Waals surface area contributed by atoms with Crippen LogP contribution in [0.3, 0.4) is 0 Å². The fourth-order valence-electron chi connectivity index (χ4n) is 3.71. The number of alkyl halides is 3. The van der Waals surface area contributed by atoms with Gasteiger partial charge in [0.15, 0.2) is 0 Å². The number of nitrogens with one attached hydrogen (secondary N) is 1. The molecule has 0 spiro atoms. The van der Waals surface area contributed by atoms with Crippen molar-refractivity contribution in [3.05, 3.63) is 64.7 Å². The lowest BCUT2D eigenvalue weighted by Crippen LogP contribution is -2.41. The summed E-state index contributed by atoms with van der Waals surface area (Å²) in [6, 6.07) is 8.52. The van der Waals surface area contributed by atoms with E-state index < -0.39 is 11.7 Å². The third-order valence-corrected chi connectivity index (χ3v) is 5.15. The molecule has 0 bridgehead atoms. The number of halogens is 4. The molecule has 0 atom stereocenters. The Labute approximate surface area is 162 Å². The first-order valence-electron chi connectivity index (χ1n) is 9.33. The molecule has 1 saturated heterocycles. The number of pyridine rings is 1. The maximum atomic E-state index is 13.2. The van der Waals surface area contributed by atoms with Gasteiger partial charge in [0.1, 0.15) is 5.82 Å². The zero-order chi connectivity index (χ0) is 20.2. The smallest absolute Gasteiger partial charge is 0.375 e. The second-order valence-electron chi connectivity index (χ2n) is 7.53. The van der Waals surface area contributed by atoms with Gasteiger partial charge in [0, 0.05) is 11.1 Å². The van der Waals surface area contributed by atoms with Crippen molar-refractivity contribution >= 4 is 0 Å². The van der Waals surface area contributed by atoms with Gasteiger partial charge in [0.25, 0.3) is 0 Å². The summed E-state index contributed by atoms with van der Waals surface area (Å²) in [4.78, 5) is 4.17. The largest absolute Gasteiger partial charge is 0.416 e. The first-order valence-corrected chi connectivity index (χ1v) is 9.33. The van der Waals surface area contributed by atoms with E-state index in [1.807, 2.05) is 0 Å². The van der Waals surface area contributed by atoms with Crippen molar-refractivity contribution in [3.63, 3.8) is 0 Å². The molecule has 0 amide bonds. The molecule has 1 aromatic carbocycles. The van der Waals surface area contributed by atoms with Crippen LogP contribution in [0, 0.1) is 18.2 Å². The van der Waals surface area contributed by atoms with Crippen molar-refractivity contribution in [1.29, 1.82) is 0 Å². The van der Waals surface area contributed by atoms with Gasteiger partial charge in [-0.05, 0) is 69.1 Å². The van der Waals surface area contributed by atoms with Crippen LogP contribution in [0.25, 0.3) is 0 Å². The summed E-state index contributed by atoms with van der Waals surface area (Å²) in [6.07, 6.45) is -1.88. The Morgan fingerprint density at radius 2 is 1.79 bits per heavy atom. The Bertz CT molecular complexity index is 784. The summed E-state index contributed by atoms with van der Waals surface area (Å²) >= 11 is 0. The van der Waals surface area contributed by atoms with Gasteiger partial charge in [-0.25, -0.2) is 4.39 Å². The van der Waals surface area contributed by atoms with E-state index in [2.05, 4.69) is 10.3 Å². The first-order chi connectivity index (χ1) is 13.3. The molecule has 2 heterocycles. The second kappa shape index (κ2) is 8.57. The van der Waals surface area contributed by atoms with Crippen molar-refractivity contribution in [3.8, 4) is 0 Å². The van der Waals surface area contributed by atoms with Gasteiger partial charge in [-0.3, -0.25) is 4.98 Å². The van der Waals surface area contributed by atoms with E-state index in [0.29, 0.717) is 12.3 Å². The number of aryl methyl sites for hydroxylation is 1. The number of hydrogen-bond donors (Lipinski definition) is 1. The molecule has 152 valence electrons. The fraction of sp³-hybridized carbons (Fsp3) is 0.476. The summed E-state index contributed by atoms with van der Waals surface area (Å²) in [5, 5.41) is 3.32. The number of nitrogens with zero attached hydrogens (tertiary/aromatic N) is 1. The summed E-state index contributed by atoms with van der Waals surface area (Å²) in [5.41, 5.74) is 0.788. The highest BCUT2D eigenvalue weighted by Crippen LogP contribution is 2.34. The van der Waals surface area contributed by atoms with Gasteiger partial charge in [-0.15, -0.1) is 0 Å². The van der Waals surface area contributed by atoms with E-state index in [1.165, 1.54) is 12.1 Å². The Morgan fingerprint density at radius 3 is 2.43 bits per heavy atom. The van der Waals surface area contributed by atoms with Crippen molar-refractivity contribution in [2.45, 2.75) is 39.0 Å². The van der Waals surface area contributed by atoms with Crippen LogP contribution in [0.5, 0.6) is 0 Å². The van der Waals surface area contributed by atoms with E-state index in [0.717, 1.165) is 50.0 Å². The maximum Gasteiger partial charge on any atom is 0.416 e. The first kappa shape index (κ1) is 20.7. The van der Waals surface area contributed by atoms with Crippen LogP contribution in [0.15, 0.2) is 36.4 Å². The van der Waals surface area contributed by atoms with E-state index in [4.69, 9.17) is 4.74 Å². The molecule has 2 aromatic rings. The van der Waals surface area contributed by atoms with Crippen LogP contribution in [-0.2, 0) is 23.9 Å². The summed E-state index contributed by atoms with van der Waals surface area (Å²) < 4.78 is 58.0. The molecular weight excluding hydrogens is 372 g/mol. The predicted molar refractivity (Wildman–Crippen MR) is 98.3 cm³/mol. The molecule has 0 saturated carbocycles. The number of benzene rings is 1. The minimum Gasteiger partial charge on any atom is -0.375 e. The second-order valence-corrected chi connectivity index (χ2v) is 7.53. The quantitative estimate of drug-likeness (QED) is 0.720. The minimum absolute atomic E-state index is 0.0311. The zero-order valence-corrected chi connectivity index (χ0v) is 15.8. The Hall–Kier alpha value is -1.99. The topological polar surface area (TPSA) is 34.1 Å². The Kier molecular flexibility index (Phi) is 6.35. The lowest BCUT2D eigenvalue weighted by molar-refractivity contribution is -0.137. The molecule has 3 rings (SSSR count). The summed E-state index contributed by atoms with van der Waals surface area (Å²) in [7, 11) is 0. The van der Waals surface area contributed by atoms with Crippen LogP contribution in [0.4, 0.5) is 17.6 Å². The number of aromatic nitrogens is 1. The van der Waals surface area contributed by atoms with Crippen molar-refractivity contribution in [1.82, 2.24) is 10.3 Å². The van der Waals surface area contributed by atoms with Crippen LogP contribution in [0.1, 0.15) is 35.4 Å². The highest BCUT2D eigenvalue weighted by atomic mass is 19.4. The van der Waals surface area contributed by atoms with E-state index in [-0.39, 0.29) is 23.5 Å². The number of hydrogen-bond acceptors (Lipinski definition) is 3. The third-order valence-electron chi connectivity index (χ3n) is 5.15. The average molecular weight is 396 g/mol. The van der Waals surface area contributed by atoms with Crippen LogP contribution in [-0.4, -0.2) is 24.7 Å². The van der Waals surface area contributed by atoms with Crippen molar-refractivity contribution in [2.24, 2.45) is 5.41 Å². The molecular formula is C21H24F4N2O. The van der Waals surface area contributed by atoms with Crippen LogP contribution in [0.2, 0.25) is 0 Å². The Morgan fingerprint density at radius 1 is 1.11 bits per heavy atom. The Balaban J connectivity index is 1.67.